The van der Waals surface area contributed by atoms with Crippen molar-refractivity contribution in [2.45, 2.75) is 12.5 Å². The van der Waals surface area contributed by atoms with Crippen LogP contribution in [0.1, 0.15) is 17.2 Å². The minimum Gasteiger partial charge on any atom is -0.497 e. The number of ether oxygens (including phenoxy) is 2. The maximum absolute atomic E-state index is 6.37. The first-order chi connectivity index (χ1) is 10.2. The van der Waals surface area contributed by atoms with Crippen LogP contribution in [0.2, 0.25) is 5.02 Å². The molecule has 1 unspecified atom stereocenters. The molecular weight excluding hydrogens is 286 g/mol. The van der Waals surface area contributed by atoms with Gasteiger partial charge in [0.25, 0.3) is 0 Å². The molecule has 1 atom stereocenters. The zero-order valence-electron chi connectivity index (χ0n) is 12.5. The van der Waals surface area contributed by atoms with Gasteiger partial charge in [0.2, 0.25) is 0 Å². The zero-order chi connectivity index (χ0) is 15.2. The second-order valence-electron chi connectivity index (χ2n) is 4.74. The third kappa shape index (κ3) is 3.69. The summed E-state index contributed by atoms with van der Waals surface area (Å²) < 4.78 is 10.6. The van der Waals surface area contributed by atoms with E-state index in [0.717, 1.165) is 29.0 Å². The second kappa shape index (κ2) is 7.34. The zero-order valence-corrected chi connectivity index (χ0v) is 13.3. The summed E-state index contributed by atoms with van der Waals surface area (Å²) in [6, 6.07) is 13.9. The van der Waals surface area contributed by atoms with Crippen molar-refractivity contribution in [2.24, 2.45) is 0 Å². The fraction of sp³-hybridized carbons (Fsp3) is 0.294. The molecule has 4 heteroatoms. The summed E-state index contributed by atoms with van der Waals surface area (Å²) >= 11 is 6.37. The lowest BCUT2D eigenvalue weighted by Gasteiger charge is -2.20. The lowest BCUT2D eigenvalue weighted by atomic mass is 9.98. The molecule has 0 spiro atoms. The van der Waals surface area contributed by atoms with Crippen LogP contribution in [-0.4, -0.2) is 21.3 Å². The van der Waals surface area contributed by atoms with E-state index in [4.69, 9.17) is 21.1 Å². The summed E-state index contributed by atoms with van der Waals surface area (Å²) in [4.78, 5) is 0. The van der Waals surface area contributed by atoms with Crippen LogP contribution in [-0.2, 0) is 6.42 Å². The first-order valence-corrected chi connectivity index (χ1v) is 7.20. The number of benzene rings is 2. The maximum atomic E-state index is 6.37. The van der Waals surface area contributed by atoms with Crippen molar-refractivity contribution in [2.75, 3.05) is 21.3 Å². The Morgan fingerprint density at radius 3 is 2.48 bits per heavy atom. The molecule has 0 radical (unpaired) electrons. The van der Waals surface area contributed by atoms with Gasteiger partial charge in [-0.2, -0.15) is 0 Å². The van der Waals surface area contributed by atoms with Crippen molar-refractivity contribution >= 4 is 11.6 Å². The number of rotatable bonds is 6. The van der Waals surface area contributed by atoms with Crippen molar-refractivity contribution in [3.63, 3.8) is 0 Å². The van der Waals surface area contributed by atoms with Crippen LogP contribution < -0.4 is 14.8 Å². The van der Waals surface area contributed by atoms with Crippen LogP contribution in [0.3, 0.4) is 0 Å². The molecule has 1 N–H and O–H groups in total. The van der Waals surface area contributed by atoms with Crippen LogP contribution in [0, 0.1) is 0 Å². The summed E-state index contributed by atoms with van der Waals surface area (Å²) in [7, 11) is 5.25. The molecule has 0 heterocycles. The van der Waals surface area contributed by atoms with E-state index in [1.54, 1.807) is 14.2 Å². The fourth-order valence-corrected chi connectivity index (χ4v) is 2.68. The van der Waals surface area contributed by atoms with E-state index in [0.29, 0.717) is 5.02 Å². The Morgan fingerprint density at radius 2 is 1.86 bits per heavy atom. The summed E-state index contributed by atoms with van der Waals surface area (Å²) in [5.74, 6) is 1.65. The van der Waals surface area contributed by atoms with Crippen LogP contribution in [0.4, 0.5) is 0 Å². The number of para-hydroxylation sites is 1. The first kappa shape index (κ1) is 15.7. The molecule has 2 aromatic rings. The van der Waals surface area contributed by atoms with Gasteiger partial charge in [0.1, 0.15) is 11.5 Å². The minimum atomic E-state index is 0.111. The van der Waals surface area contributed by atoms with Gasteiger partial charge >= 0.3 is 0 Å². The predicted molar refractivity (Wildman–Crippen MR) is 86.5 cm³/mol. The molecule has 2 rings (SSSR count). The van der Waals surface area contributed by atoms with Gasteiger partial charge in [-0.05, 0) is 42.8 Å². The molecular formula is C17H20ClNO2. The molecule has 0 saturated heterocycles. The lowest BCUT2D eigenvalue weighted by molar-refractivity contribution is 0.406. The van der Waals surface area contributed by atoms with Gasteiger partial charge in [-0.1, -0.05) is 35.9 Å². The van der Waals surface area contributed by atoms with Crippen LogP contribution >= 0.6 is 11.6 Å². The average Bonchev–Trinajstić information content (AvgIpc) is 2.53. The Kier molecular flexibility index (Phi) is 5.48. The summed E-state index contributed by atoms with van der Waals surface area (Å²) in [5, 5.41) is 4.01. The molecule has 0 aliphatic carbocycles. The molecule has 2 aromatic carbocycles. The van der Waals surface area contributed by atoms with Crippen molar-refractivity contribution in [1.29, 1.82) is 0 Å². The standard InChI is InChI=1S/C17H20ClNO2/c1-19-16(10-12-6-4-5-7-17(12)21-3)14-9-8-13(20-2)11-15(14)18/h4-9,11,16,19H,10H2,1-3H3. The Balaban J connectivity index is 2.28. The van der Waals surface area contributed by atoms with Crippen LogP contribution in [0.5, 0.6) is 11.5 Å². The Hall–Kier alpha value is -1.71. The van der Waals surface area contributed by atoms with Crippen molar-refractivity contribution in [1.82, 2.24) is 5.32 Å². The fourth-order valence-electron chi connectivity index (χ4n) is 2.38. The lowest BCUT2D eigenvalue weighted by Crippen LogP contribution is -2.19. The third-order valence-electron chi connectivity index (χ3n) is 3.55. The summed E-state index contributed by atoms with van der Waals surface area (Å²) in [6.07, 6.45) is 0.798. The molecule has 3 nitrogen and oxygen atoms in total. The average molecular weight is 306 g/mol. The van der Waals surface area contributed by atoms with E-state index in [1.807, 2.05) is 43.4 Å². The highest BCUT2D eigenvalue weighted by Crippen LogP contribution is 2.31. The number of hydrogen-bond donors (Lipinski definition) is 1. The SMILES string of the molecule is CNC(Cc1ccccc1OC)c1ccc(OC)cc1Cl. The van der Waals surface area contributed by atoms with Crippen LogP contribution in [0.15, 0.2) is 42.5 Å². The number of methoxy groups -OCH3 is 2. The monoisotopic (exact) mass is 305 g/mol. The van der Waals surface area contributed by atoms with E-state index in [1.165, 1.54) is 0 Å². The minimum absolute atomic E-state index is 0.111. The number of likely N-dealkylation sites (N-methyl/N-ethyl adjacent to an activating group) is 1. The van der Waals surface area contributed by atoms with Gasteiger partial charge < -0.3 is 14.8 Å². The summed E-state index contributed by atoms with van der Waals surface area (Å²) in [6.45, 7) is 0. The molecule has 0 aliphatic rings. The molecule has 0 fully saturated rings. The number of nitrogens with one attached hydrogen (secondary N) is 1. The quantitative estimate of drug-likeness (QED) is 0.879. The highest BCUT2D eigenvalue weighted by atomic mass is 35.5. The van der Waals surface area contributed by atoms with Gasteiger partial charge in [-0.15, -0.1) is 0 Å². The number of hydrogen-bond acceptors (Lipinski definition) is 3. The van der Waals surface area contributed by atoms with Crippen molar-refractivity contribution < 1.29 is 9.47 Å². The normalized spacial score (nSPS) is 12.0. The molecule has 112 valence electrons. The smallest absolute Gasteiger partial charge is 0.122 e. The van der Waals surface area contributed by atoms with Gasteiger partial charge in [0.15, 0.2) is 0 Å². The third-order valence-corrected chi connectivity index (χ3v) is 3.88. The molecule has 0 amide bonds. The molecule has 21 heavy (non-hydrogen) atoms. The Morgan fingerprint density at radius 1 is 1.10 bits per heavy atom. The Bertz CT molecular complexity index is 601. The van der Waals surface area contributed by atoms with E-state index < -0.39 is 0 Å². The molecule has 0 saturated carbocycles. The highest BCUT2D eigenvalue weighted by molar-refractivity contribution is 6.31. The van der Waals surface area contributed by atoms with Crippen LogP contribution in [0.25, 0.3) is 0 Å². The van der Waals surface area contributed by atoms with Gasteiger partial charge in [-0.25, -0.2) is 0 Å². The molecule has 0 aromatic heterocycles. The van der Waals surface area contributed by atoms with E-state index in [2.05, 4.69) is 11.4 Å². The maximum Gasteiger partial charge on any atom is 0.122 e. The van der Waals surface area contributed by atoms with Crippen molar-refractivity contribution in [3.05, 3.63) is 58.6 Å². The van der Waals surface area contributed by atoms with E-state index in [-0.39, 0.29) is 6.04 Å². The van der Waals surface area contributed by atoms with Gasteiger partial charge in [-0.3, -0.25) is 0 Å². The van der Waals surface area contributed by atoms with Gasteiger partial charge in [0.05, 0.1) is 14.2 Å². The topological polar surface area (TPSA) is 30.5 Å². The van der Waals surface area contributed by atoms with E-state index >= 15 is 0 Å². The number of halogens is 1. The second-order valence-corrected chi connectivity index (χ2v) is 5.15. The highest BCUT2D eigenvalue weighted by Gasteiger charge is 2.16. The predicted octanol–water partition coefficient (Wildman–Crippen LogP) is 3.86. The summed E-state index contributed by atoms with van der Waals surface area (Å²) in [5.41, 5.74) is 2.19. The largest absolute Gasteiger partial charge is 0.497 e. The molecule has 0 bridgehead atoms. The van der Waals surface area contributed by atoms with Crippen molar-refractivity contribution in [3.8, 4) is 11.5 Å². The first-order valence-electron chi connectivity index (χ1n) is 6.82. The van der Waals surface area contributed by atoms with Gasteiger partial charge in [0, 0.05) is 11.1 Å². The molecule has 0 aliphatic heterocycles. The Labute approximate surface area is 130 Å². The van der Waals surface area contributed by atoms with E-state index in [9.17, 15) is 0 Å².